The first kappa shape index (κ1) is 24.9. The van der Waals surface area contributed by atoms with Crippen molar-refractivity contribution in [2.45, 2.75) is 50.5 Å². The van der Waals surface area contributed by atoms with Gasteiger partial charge in [-0.3, -0.25) is 9.59 Å². The normalized spacial score (nSPS) is 24.8. The van der Waals surface area contributed by atoms with Crippen LogP contribution in [0, 0.1) is 11.7 Å². The van der Waals surface area contributed by atoms with E-state index in [2.05, 4.69) is 11.9 Å². The van der Waals surface area contributed by atoms with Gasteiger partial charge in [-0.15, -0.1) is 0 Å². The lowest BCUT2D eigenvalue weighted by molar-refractivity contribution is -0.166. The summed E-state index contributed by atoms with van der Waals surface area (Å²) in [5.41, 5.74) is -0.913. The molecule has 0 saturated carbocycles. The molecule has 1 atom stereocenters. The van der Waals surface area contributed by atoms with E-state index in [9.17, 15) is 14.0 Å². The van der Waals surface area contributed by atoms with Gasteiger partial charge in [0.05, 0.1) is 19.6 Å². The Hall–Kier alpha value is -2.19. The number of piperidine rings is 2. The summed E-state index contributed by atoms with van der Waals surface area (Å²) < 4.78 is 25.5. The van der Waals surface area contributed by atoms with E-state index in [0.29, 0.717) is 37.8 Å². The predicted octanol–water partition coefficient (Wildman–Crippen LogP) is 2.94. The highest BCUT2D eigenvalue weighted by atomic mass is 19.1. The maximum atomic E-state index is 13.3. The molecule has 3 heterocycles. The second kappa shape index (κ2) is 11.5. The van der Waals surface area contributed by atoms with Gasteiger partial charge in [0.2, 0.25) is 11.8 Å². The van der Waals surface area contributed by atoms with E-state index in [1.54, 1.807) is 12.1 Å². The maximum absolute atomic E-state index is 13.3. The number of benzene rings is 1. The molecule has 188 valence electrons. The molecule has 7 nitrogen and oxygen atoms in total. The predicted molar refractivity (Wildman–Crippen MR) is 127 cm³/mol. The third-order valence-electron chi connectivity index (χ3n) is 7.40. The van der Waals surface area contributed by atoms with Gasteiger partial charge in [0.15, 0.2) is 0 Å². The molecule has 0 aromatic heterocycles. The average molecular weight is 476 g/mol. The highest BCUT2D eigenvalue weighted by Crippen LogP contribution is 2.28. The van der Waals surface area contributed by atoms with Gasteiger partial charge in [0.25, 0.3) is 0 Å². The van der Waals surface area contributed by atoms with E-state index in [1.165, 1.54) is 12.1 Å². The second-order valence-electron chi connectivity index (χ2n) is 10.2. The Morgan fingerprint density at radius 2 is 1.71 bits per heavy atom. The quantitative estimate of drug-likeness (QED) is 0.607. The summed E-state index contributed by atoms with van der Waals surface area (Å²) in [6.45, 7) is 4.97. The number of rotatable bonds is 7. The fraction of sp³-hybridized carbons (Fsp3) is 0.692. The highest BCUT2D eigenvalue weighted by Gasteiger charge is 2.42. The van der Waals surface area contributed by atoms with E-state index in [4.69, 9.17) is 9.47 Å². The highest BCUT2D eigenvalue weighted by molar-refractivity contribution is 5.79. The van der Waals surface area contributed by atoms with E-state index in [1.807, 2.05) is 9.80 Å². The number of halogens is 1. The molecule has 0 N–H and O–H groups in total. The minimum Gasteiger partial charge on any atom is -0.490 e. The Morgan fingerprint density at radius 3 is 2.41 bits per heavy atom. The number of carbonyl (C=O) groups excluding carboxylic acids is 2. The van der Waals surface area contributed by atoms with Crippen LogP contribution < -0.4 is 4.74 Å². The maximum Gasteiger partial charge on any atom is 0.225 e. The zero-order chi connectivity index (χ0) is 24.0. The second-order valence-corrected chi connectivity index (χ2v) is 10.2. The van der Waals surface area contributed by atoms with Crippen LogP contribution in [0.25, 0.3) is 0 Å². The zero-order valence-corrected chi connectivity index (χ0v) is 20.3. The zero-order valence-electron chi connectivity index (χ0n) is 20.3. The van der Waals surface area contributed by atoms with Crippen molar-refractivity contribution >= 4 is 11.8 Å². The lowest BCUT2D eigenvalue weighted by Crippen LogP contribution is -2.58. The van der Waals surface area contributed by atoms with Gasteiger partial charge < -0.3 is 24.2 Å². The van der Waals surface area contributed by atoms with E-state index < -0.39 is 5.60 Å². The van der Waals surface area contributed by atoms with E-state index in [-0.39, 0.29) is 30.7 Å². The van der Waals surface area contributed by atoms with Crippen LogP contribution in [-0.2, 0) is 14.3 Å². The number of ether oxygens (including phenoxy) is 2. The Kier molecular flexibility index (Phi) is 8.42. The summed E-state index contributed by atoms with van der Waals surface area (Å²) in [5, 5.41) is 0. The van der Waals surface area contributed by atoms with Gasteiger partial charge in [0.1, 0.15) is 23.8 Å². The lowest BCUT2D eigenvalue weighted by atomic mass is 9.92. The molecule has 0 spiro atoms. The summed E-state index contributed by atoms with van der Waals surface area (Å²) in [7, 11) is 2.12. The van der Waals surface area contributed by atoms with Crippen LogP contribution in [-0.4, -0.2) is 91.6 Å². The Morgan fingerprint density at radius 1 is 1.00 bits per heavy atom. The summed E-state index contributed by atoms with van der Waals surface area (Å²) >= 11 is 0. The van der Waals surface area contributed by atoms with Crippen LogP contribution in [0.3, 0.4) is 0 Å². The van der Waals surface area contributed by atoms with Crippen molar-refractivity contribution in [2.75, 3.05) is 59.5 Å². The molecular weight excluding hydrogens is 437 g/mol. The van der Waals surface area contributed by atoms with Crippen LogP contribution in [0.5, 0.6) is 5.75 Å². The summed E-state index contributed by atoms with van der Waals surface area (Å²) in [6, 6.07) is 5.84. The first-order chi connectivity index (χ1) is 16.4. The fourth-order valence-electron chi connectivity index (χ4n) is 5.22. The number of amides is 2. The fourth-order valence-corrected chi connectivity index (χ4v) is 5.22. The molecule has 3 aliphatic rings. The topological polar surface area (TPSA) is 62.3 Å². The van der Waals surface area contributed by atoms with Gasteiger partial charge >= 0.3 is 0 Å². The standard InChI is InChI=1S/C26H38FN3O4/c1-28-13-9-21(10-14-28)17-24(31)30-15-16-34-26(19-30,18-25(32)29-11-3-2-4-12-29)20-33-23-7-5-22(27)6-8-23/h5-8,21H,2-4,9-20H2,1H3. The van der Waals surface area contributed by atoms with E-state index >= 15 is 0 Å². The molecule has 1 aromatic carbocycles. The molecule has 3 fully saturated rings. The number of carbonyl (C=O) groups is 2. The first-order valence-electron chi connectivity index (χ1n) is 12.7. The first-order valence-corrected chi connectivity index (χ1v) is 12.7. The Labute approximate surface area is 202 Å². The summed E-state index contributed by atoms with van der Waals surface area (Å²) in [5.74, 6) is 0.777. The number of likely N-dealkylation sites (tertiary alicyclic amines) is 2. The monoisotopic (exact) mass is 475 g/mol. The smallest absolute Gasteiger partial charge is 0.225 e. The van der Waals surface area contributed by atoms with Gasteiger partial charge in [-0.25, -0.2) is 4.39 Å². The molecule has 3 aliphatic heterocycles. The summed E-state index contributed by atoms with van der Waals surface area (Å²) in [4.78, 5) is 32.5. The third kappa shape index (κ3) is 6.69. The van der Waals surface area contributed by atoms with Gasteiger partial charge in [0, 0.05) is 26.1 Å². The van der Waals surface area contributed by atoms with Gasteiger partial charge in [-0.05, 0) is 82.4 Å². The molecule has 4 rings (SSSR count). The van der Waals surface area contributed by atoms with Gasteiger partial charge in [-0.1, -0.05) is 0 Å². The van der Waals surface area contributed by atoms with Crippen LogP contribution >= 0.6 is 0 Å². The molecule has 1 unspecified atom stereocenters. The van der Waals surface area contributed by atoms with Crippen LogP contribution in [0.1, 0.15) is 44.9 Å². The largest absolute Gasteiger partial charge is 0.490 e. The molecule has 1 aromatic rings. The summed E-state index contributed by atoms with van der Waals surface area (Å²) in [6.07, 6.45) is 5.99. The molecule has 34 heavy (non-hydrogen) atoms. The Balaban J connectivity index is 1.43. The number of hydrogen-bond acceptors (Lipinski definition) is 5. The van der Waals surface area contributed by atoms with Crippen molar-refractivity contribution in [1.82, 2.24) is 14.7 Å². The van der Waals surface area contributed by atoms with Crippen LogP contribution in [0.4, 0.5) is 4.39 Å². The lowest BCUT2D eigenvalue weighted by Gasteiger charge is -2.43. The van der Waals surface area contributed by atoms with Gasteiger partial charge in [-0.2, -0.15) is 0 Å². The molecule has 0 bridgehead atoms. The van der Waals surface area contributed by atoms with Crippen molar-refractivity contribution in [1.29, 1.82) is 0 Å². The number of nitrogens with zero attached hydrogens (tertiary/aromatic N) is 3. The minimum atomic E-state index is -0.913. The Bertz CT molecular complexity index is 822. The van der Waals surface area contributed by atoms with Crippen molar-refractivity contribution in [2.24, 2.45) is 5.92 Å². The van der Waals surface area contributed by atoms with Crippen molar-refractivity contribution in [3.63, 3.8) is 0 Å². The van der Waals surface area contributed by atoms with Crippen molar-refractivity contribution in [3.05, 3.63) is 30.1 Å². The molecule has 0 aliphatic carbocycles. The molecule has 8 heteroatoms. The van der Waals surface area contributed by atoms with Crippen LogP contribution in [0.2, 0.25) is 0 Å². The third-order valence-corrected chi connectivity index (χ3v) is 7.40. The van der Waals surface area contributed by atoms with Crippen molar-refractivity contribution in [3.8, 4) is 5.75 Å². The molecule has 0 radical (unpaired) electrons. The SMILES string of the molecule is CN1CCC(CC(=O)N2CCOC(COc3ccc(F)cc3)(CC(=O)N3CCCCC3)C2)CC1. The number of morpholine rings is 1. The average Bonchev–Trinajstić information content (AvgIpc) is 2.86. The minimum absolute atomic E-state index is 0.0482. The molecule has 2 amide bonds. The molecular formula is C26H38FN3O4. The van der Waals surface area contributed by atoms with Crippen molar-refractivity contribution < 1.29 is 23.5 Å². The van der Waals surface area contributed by atoms with Crippen LogP contribution in [0.15, 0.2) is 24.3 Å². The van der Waals surface area contributed by atoms with E-state index in [0.717, 1.165) is 58.3 Å². The number of hydrogen-bond donors (Lipinski definition) is 0. The molecule has 3 saturated heterocycles.